The van der Waals surface area contributed by atoms with Crippen molar-refractivity contribution in [3.8, 4) is 0 Å². The molecular formula is C15H21F4NO2. The lowest BCUT2D eigenvalue weighted by Crippen LogP contribution is -2.35. The van der Waals surface area contributed by atoms with Gasteiger partial charge >= 0.3 is 6.18 Å². The molecule has 0 fully saturated rings. The molecule has 0 heterocycles. The van der Waals surface area contributed by atoms with Crippen LogP contribution in [0.2, 0.25) is 0 Å². The first kappa shape index (κ1) is 18.7. The lowest BCUT2D eigenvalue weighted by Gasteiger charge is -2.29. The summed E-state index contributed by atoms with van der Waals surface area (Å²) in [6.07, 6.45) is -5.23. The predicted octanol–water partition coefficient (Wildman–Crippen LogP) is 3.41. The summed E-state index contributed by atoms with van der Waals surface area (Å²) in [7, 11) is 0. The van der Waals surface area contributed by atoms with E-state index in [4.69, 9.17) is 0 Å². The molecule has 0 saturated heterocycles. The average Bonchev–Trinajstić information content (AvgIpc) is 2.37. The normalized spacial score (nSPS) is 15.5. The van der Waals surface area contributed by atoms with Gasteiger partial charge in [-0.2, -0.15) is 13.2 Å². The molecule has 0 radical (unpaired) electrons. The number of hydrogen-bond acceptors (Lipinski definition) is 3. The Morgan fingerprint density at radius 3 is 2.18 bits per heavy atom. The van der Waals surface area contributed by atoms with E-state index in [1.54, 1.807) is 0 Å². The summed E-state index contributed by atoms with van der Waals surface area (Å²) in [5.41, 5.74) is -1.65. The molecular weight excluding hydrogens is 302 g/mol. The van der Waals surface area contributed by atoms with Gasteiger partial charge in [0.25, 0.3) is 0 Å². The van der Waals surface area contributed by atoms with E-state index in [1.807, 2.05) is 20.8 Å². The van der Waals surface area contributed by atoms with Crippen molar-refractivity contribution in [2.45, 2.75) is 45.5 Å². The second-order valence-corrected chi connectivity index (χ2v) is 6.33. The lowest BCUT2D eigenvalue weighted by atomic mass is 9.85. The third-order valence-corrected chi connectivity index (χ3v) is 3.38. The molecule has 1 aromatic carbocycles. The van der Waals surface area contributed by atoms with Crippen molar-refractivity contribution in [3.05, 3.63) is 29.6 Å². The summed E-state index contributed by atoms with van der Waals surface area (Å²) in [6, 6.07) is 1.47. The highest BCUT2D eigenvalue weighted by Crippen LogP contribution is 2.31. The van der Waals surface area contributed by atoms with Crippen molar-refractivity contribution in [2.75, 3.05) is 11.9 Å². The van der Waals surface area contributed by atoms with Crippen molar-refractivity contribution in [1.29, 1.82) is 0 Å². The van der Waals surface area contributed by atoms with Crippen molar-refractivity contribution in [1.82, 2.24) is 0 Å². The van der Waals surface area contributed by atoms with Gasteiger partial charge in [-0.25, -0.2) is 4.39 Å². The Morgan fingerprint density at radius 2 is 1.77 bits per heavy atom. The monoisotopic (exact) mass is 323 g/mol. The van der Waals surface area contributed by atoms with Gasteiger partial charge in [0.05, 0.1) is 30.0 Å². The highest BCUT2D eigenvalue weighted by molar-refractivity contribution is 5.47. The van der Waals surface area contributed by atoms with Gasteiger partial charge in [-0.1, -0.05) is 20.8 Å². The molecule has 0 amide bonds. The first-order chi connectivity index (χ1) is 9.95. The minimum absolute atomic E-state index is 0.139. The van der Waals surface area contributed by atoms with Gasteiger partial charge in [0.2, 0.25) is 0 Å². The number of halogens is 4. The van der Waals surface area contributed by atoms with Gasteiger partial charge in [-0.05, 0) is 30.0 Å². The maximum absolute atomic E-state index is 13.7. The van der Waals surface area contributed by atoms with Crippen molar-refractivity contribution in [2.24, 2.45) is 5.41 Å². The molecule has 0 bridgehead atoms. The summed E-state index contributed by atoms with van der Waals surface area (Å²) in [5, 5.41) is 21.9. The second kappa shape index (κ2) is 6.83. The number of aliphatic hydroxyl groups excluding tert-OH is 2. The van der Waals surface area contributed by atoms with Gasteiger partial charge in [-0.3, -0.25) is 0 Å². The van der Waals surface area contributed by atoms with E-state index in [0.717, 1.165) is 12.1 Å². The number of benzene rings is 1. The van der Waals surface area contributed by atoms with Crippen LogP contribution in [0.1, 0.15) is 32.8 Å². The molecule has 0 spiro atoms. The highest BCUT2D eigenvalue weighted by Gasteiger charge is 2.31. The van der Waals surface area contributed by atoms with Crippen molar-refractivity contribution >= 4 is 5.69 Å². The fourth-order valence-electron chi connectivity index (χ4n) is 1.83. The van der Waals surface area contributed by atoms with Crippen LogP contribution in [0, 0.1) is 11.2 Å². The van der Waals surface area contributed by atoms with E-state index >= 15 is 0 Å². The SMILES string of the molecule is CC(C)(C)C(O)CC(CO)Nc1ccc(C(F)(F)F)cc1F. The Balaban J connectivity index is 2.84. The van der Waals surface area contributed by atoms with Crippen LogP contribution in [0.3, 0.4) is 0 Å². The fourth-order valence-corrected chi connectivity index (χ4v) is 1.83. The van der Waals surface area contributed by atoms with E-state index in [1.165, 1.54) is 0 Å². The fraction of sp³-hybridized carbons (Fsp3) is 0.600. The predicted molar refractivity (Wildman–Crippen MR) is 76.0 cm³/mol. The van der Waals surface area contributed by atoms with Crippen LogP contribution in [-0.4, -0.2) is 29.0 Å². The van der Waals surface area contributed by atoms with E-state index in [2.05, 4.69) is 5.32 Å². The number of anilines is 1. The summed E-state index contributed by atoms with van der Waals surface area (Å²) in [4.78, 5) is 0. The Bertz CT molecular complexity index is 497. The Morgan fingerprint density at radius 1 is 1.18 bits per heavy atom. The zero-order chi connectivity index (χ0) is 17.1. The topological polar surface area (TPSA) is 52.5 Å². The van der Waals surface area contributed by atoms with Crippen LogP contribution in [0.4, 0.5) is 23.2 Å². The second-order valence-electron chi connectivity index (χ2n) is 6.33. The first-order valence-corrected chi connectivity index (χ1v) is 6.87. The molecule has 0 aliphatic rings. The van der Waals surface area contributed by atoms with Crippen LogP contribution in [-0.2, 0) is 6.18 Å². The molecule has 22 heavy (non-hydrogen) atoms. The standard InChI is InChI=1S/C15H21F4NO2/c1-14(2,3)13(22)7-10(8-21)20-12-5-4-9(6-11(12)16)15(17,18)19/h4-6,10,13,20-22H,7-8H2,1-3H3. The van der Waals surface area contributed by atoms with Crippen LogP contribution >= 0.6 is 0 Å². The van der Waals surface area contributed by atoms with Gasteiger partial charge in [0.15, 0.2) is 0 Å². The van der Waals surface area contributed by atoms with Crippen LogP contribution in [0.25, 0.3) is 0 Å². The van der Waals surface area contributed by atoms with E-state index in [0.29, 0.717) is 6.07 Å². The molecule has 7 heteroatoms. The van der Waals surface area contributed by atoms with Crippen LogP contribution in [0.15, 0.2) is 18.2 Å². The minimum atomic E-state index is -4.61. The van der Waals surface area contributed by atoms with Gasteiger partial charge in [0.1, 0.15) is 5.82 Å². The number of rotatable bonds is 5. The van der Waals surface area contributed by atoms with E-state index in [-0.39, 0.29) is 18.7 Å². The molecule has 0 aromatic heterocycles. The zero-order valence-electron chi connectivity index (χ0n) is 12.7. The Hall–Kier alpha value is -1.34. The molecule has 1 rings (SSSR count). The number of alkyl halides is 3. The smallest absolute Gasteiger partial charge is 0.394 e. The van der Waals surface area contributed by atoms with E-state index in [9.17, 15) is 27.8 Å². The number of nitrogens with one attached hydrogen (secondary N) is 1. The van der Waals surface area contributed by atoms with Crippen LogP contribution < -0.4 is 5.32 Å². The molecule has 3 nitrogen and oxygen atoms in total. The summed E-state index contributed by atoms with van der Waals surface area (Å²) in [6.45, 7) is 5.05. The molecule has 0 saturated carbocycles. The van der Waals surface area contributed by atoms with E-state index < -0.39 is 35.1 Å². The molecule has 2 unspecified atom stereocenters. The summed E-state index contributed by atoms with van der Waals surface area (Å²) >= 11 is 0. The number of hydrogen-bond donors (Lipinski definition) is 3. The number of aliphatic hydroxyl groups is 2. The lowest BCUT2D eigenvalue weighted by molar-refractivity contribution is -0.137. The maximum Gasteiger partial charge on any atom is 0.416 e. The third-order valence-electron chi connectivity index (χ3n) is 3.38. The summed E-state index contributed by atoms with van der Waals surface area (Å²) < 4.78 is 51.2. The Kier molecular flexibility index (Phi) is 5.81. The van der Waals surface area contributed by atoms with Crippen molar-refractivity contribution < 1.29 is 27.8 Å². The largest absolute Gasteiger partial charge is 0.416 e. The van der Waals surface area contributed by atoms with Gasteiger partial charge in [-0.15, -0.1) is 0 Å². The quantitative estimate of drug-likeness (QED) is 0.728. The molecule has 0 aliphatic carbocycles. The van der Waals surface area contributed by atoms with Crippen molar-refractivity contribution in [3.63, 3.8) is 0 Å². The minimum Gasteiger partial charge on any atom is -0.394 e. The summed E-state index contributed by atoms with van der Waals surface area (Å²) in [5.74, 6) is -1.06. The first-order valence-electron chi connectivity index (χ1n) is 6.87. The van der Waals surface area contributed by atoms with Crippen LogP contribution in [0.5, 0.6) is 0 Å². The molecule has 126 valence electrons. The molecule has 2 atom stereocenters. The molecule has 0 aliphatic heterocycles. The maximum atomic E-state index is 13.7. The van der Waals surface area contributed by atoms with Gasteiger partial charge < -0.3 is 15.5 Å². The molecule has 3 N–H and O–H groups in total. The highest BCUT2D eigenvalue weighted by atomic mass is 19.4. The Labute approximate surface area is 127 Å². The average molecular weight is 323 g/mol. The van der Waals surface area contributed by atoms with Gasteiger partial charge in [0, 0.05) is 0 Å². The molecule has 1 aromatic rings. The zero-order valence-corrected chi connectivity index (χ0v) is 12.7. The third kappa shape index (κ3) is 5.14.